The van der Waals surface area contributed by atoms with Crippen molar-refractivity contribution in [3.63, 3.8) is 0 Å². The Bertz CT molecular complexity index is 202. The van der Waals surface area contributed by atoms with Crippen LogP contribution in [0, 0.1) is 11.8 Å². The first-order valence-corrected chi connectivity index (χ1v) is 6.09. The zero-order valence-corrected chi connectivity index (χ0v) is 10.1. The molecule has 3 nitrogen and oxygen atoms in total. The average Bonchev–Trinajstić information content (AvgIpc) is 3.02. The van der Waals surface area contributed by atoms with Crippen molar-refractivity contribution < 1.29 is 9.53 Å². The summed E-state index contributed by atoms with van der Waals surface area (Å²) in [5, 5.41) is 3.30. The van der Waals surface area contributed by atoms with E-state index in [1.807, 2.05) is 13.8 Å². The average molecular weight is 213 g/mol. The van der Waals surface area contributed by atoms with Gasteiger partial charge in [0, 0.05) is 0 Å². The second kappa shape index (κ2) is 6.11. The number of nitrogens with one attached hydrogen (secondary N) is 1. The van der Waals surface area contributed by atoms with Gasteiger partial charge in [-0.2, -0.15) is 0 Å². The van der Waals surface area contributed by atoms with E-state index in [-0.39, 0.29) is 12.0 Å². The fourth-order valence-electron chi connectivity index (χ4n) is 1.80. The first-order valence-electron chi connectivity index (χ1n) is 6.09. The van der Waals surface area contributed by atoms with Crippen LogP contribution in [-0.2, 0) is 9.53 Å². The van der Waals surface area contributed by atoms with Crippen LogP contribution in [-0.4, -0.2) is 25.2 Å². The van der Waals surface area contributed by atoms with Gasteiger partial charge in [-0.15, -0.1) is 0 Å². The van der Waals surface area contributed by atoms with Crippen LogP contribution in [0.4, 0.5) is 0 Å². The molecule has 1 rings (SSSR count). The normalized spacial score (nSPS) is 19.7. The highest BCUT2D eigenvalue weighted by Crippen LogP contribution is 2.36. The maximum Gasteiger partial charge on any atom is 0.323 e. The highest BCUT2D eigenvalue weighted by Gasteiger charge is 2.28. The van der Waals surface area contributed by atoms with Crippen molar-refractivity contribution in [3.8, 4) is 0 Å². The largest absolute Gasteiger partial charge is 0.465 e. The van der Waals surface area contributed by atoms with Gasteiger partial charge in [0.05, 0.1) is 6.61 Å². The molecule has 2 unspecified atom stereocenters. The van der Waals surface area contributed by atoms with Gasteiger partial charge in [0.1, 0.15) is 6.04 Å². The molecule has 1 aliphatic rings. The van der Waals surface area contributed by atoms with Gasteiger partial charge in [-0.3, -0.25) is 4.79 Å². The highest BCUT2D eigenvalue weighted by molar-refractivity contribution is 5.75. The standard InChI is InChI=1S/C12H23NO2/c1-4-11(12(14)15-5-2)13-8-9(3)10-6-7-10/h9-11,13H,4-8H2,1-3H3. The fraction of sp³-hybridized carbons (Fsp3) is 0.917. The third kappa shape index (κ3) is 4.20. The molecular weight excluding hydrogens is 190 g/mol. The number of hydrogen-bond donors (Lipinski definition) is 1. The predicted molar refractivity (Wildman–Crippen MR) is 60.6 cm³/mol. The van der Waals surface area contributed by atoms with Gasteiger partial charge in [0.2, 0.25) is 0 Å². The van der Waals surface area contributed by atoms with Gasteiger partial charge in [-0.05, 0) is 44.6 Å². The van der Waals surface area contributed by atoms with Crippen molar-refractivity contribution >= 4 is 5.97 Å². The van der Waals surface area contributed by atoms with Crippen LogP contribution in [0.25, 0.3) is 0 Å². The second-order valence-electron chi connectivity index (χ2n) is 4.44. The van der Waals surface area contributed by atoms with Crippen LogP contribution >= 0.6 is 0 Å². The van der Waals surface area contributed by atoms with E-state index in [9.17, 15) is 4.79 Å². The van der Waals surface area contributed by atoms with Crippen molar-refractivity contribution in [1.29, 1.82) is 0 Å². The molecule has 0 aromatic heterocycles. The molecule has 2 atom stereocenters. The van der Waals surface area contributed by atoms with E-state index >= 15 is 0 Å². The third-order valence-corrected chi connectivity index (χ3v) is 3.09. The van der Waals surface area contributed by atoms with Gasteiger partial charge < -0.3 is 10.1 Å². The predicted octanol–water partition coefficient (Wildman–Crippen LogP) is 1.96. The Balaban J connectivity index is 2.22. The van der Waals surface area contributed by atoms with Crippen molar-refractivity contribution in [3.05, 3.63) is 0 Å². The molecule has 15 heavy (non-hydrogen) atoms. The number of ether oxygens (including phenoxy) is 1. The molecule has 0 saturated heterocycles. The summed E-state index contributed by atoms with van der Waals surface area (Å²) >= 11 is 0. The van der Waals surface area contributed by atoms with Gasteiger partial charge in [-0.1, -0.05) is 13.8 Å². The number of rotatable bonds is 7. The number of esters is 1. The molecule has 0 aromatic carbocycles. The summed E-state index contributed by atoms with van der Waals surface area (Å²) in [6.07, 6.45) is 3.52. The molecule has 0 amide bonds. The molecular formula is C12H23NO2. The van der Waals surface area contributed by atoms with E-state index in [2.05, 4.69) is 12.2 Å². The van der Waals surface area contributed by atoms with Crippen LogP contribution < -0.4 is 5.32 Å². The van der Waals surface area contributed by atoms with E-state index in [1.54, 1.807) is 0 Å². The Labute approximate surface area is 92.6 Å². The summed E-state index contributed by atoms with van der Waals surface area (Å²) in [7, 11) is 0. The Morgan fingerprint density at radius 3 is 2.60 bits per heavy atom. The number of carbonyl (C=O) groups is 1. The monoisotopic (exact) mass is 213 g/mol. The summed E-state index contributed by atoms with van der Waals surface area (Å²) in [5.41, 5.74) is 0. The Kier molecular flexibility index (Phi) is 5.09. The van der Waals surface area contributed by atoms with Gasteiger partial charge >= 0.3 is 5.97 Å². The summed E-state index contributed by atoms with van der Waals surface area (Å²) < 4.78 is 5.00. The van der Waals surface area contributed by atoms with E-state index in [1.165, 1.54) is 12.8 Å². The molecule has 0 aliphatic heterocycles. The third-order valence-electron chi connectivity index (χ3n) is 3.09. The fourth-order valence-corrected chi connectivity index (χ4v) is 1.80. The zero-order valence-electron chi connectivity index (χ0n) is 10.1. The molecule has 0 aromatic rings. The lowest BCUT2D eigenvalue weighted by Gasteiger charge is -2.18. The molecule has 88 valence electrons. The van der Waals surface area contributed by atoms with Gasteiger partial charge in [0.25, 0.3) is 0 Å². The van der Waals surface area contributed by atoms with Crippen LogP contribution in [0.15, 0.2) is 0 Å². The van der Waals surface area contributed by atoms with Crippen molar-refractivity contribution in [1.82, 2.24) is 5.32 Å². The Hall–Kier alpha value is -0.570. The van der Waals surface area contributed by atoms with E-state index in [0.29, 0.717) is 12.5 Å². The Morgan fingerprint density at radius 1 is 1.47 bits per heavy atom. The molecule has 1 aliphatic carbocycles. The van der Waals surface area contributed by atoms with Crippen molar-refractivity contribution in [2.45, 2.75) is 46.1 Å². The van der Waals surface area contributed by atoms with Crippen molar-refractivity contribution in [2.24, 2.45) is 11.8 Å². The van der Waals surface area contributed by atoms with E-state index in [4.69, 9.17) is 4.74 Å². The van der Waals surface area contributed by atoms with Crippen LogP contribution in [0.1, 0.15) is 40.0 Å². The summed E-state index contributed by atoms with van der Waals surface area (Å²) in [6, 6.07) is -0.119. The summed E-state index contributed by atoms with van der Waals surface area (Å²) in [5.74, 6) is 1.47. The first-order chi connectivity index (χ1) is 7.19. The zero-order chi connectivity index (χ0) is 11.3. The summed E-state index contributed by atoms with van der Waals surface area (Å²) in [6.45, 7) is 7.51. The Morgan fingerprint density at radius 2 is 2.13 bits per heavy atom. The quantitative estimate of drug-likeness (QED) is 0.657. The van der Waals surface area contributed by atoms with Gasteiger partial charge in [0.15, 0.2) is 0 Å². The van der Waals surface area contributed by atoms with Crippen LogP contribution in [0.5, 0.6) is 0 Å². The lowest BCUT2D eigenvalue weighted by molar-refractivity contribution is -0.145. The van der Waals surface area contributed by atoms with Gasteiger partial charge in [-0.25, -0.2) is 0 Å². The lowest BCUT2D eigenvalue weighted by Crippen LogP contribution is -2.40. The molecule has 1 saturated carbocycles. The maximum atomic E-state index is 11.5. The van der Waals surface area contributed by atoms with Crippen molar-refractivity contribution in [2.75, 3.05) is 13.2 Å². The smallest absolute Gasteiger partial charge is 0.323 e. The minimum Gasteiger partial charge on any atom is -0.465 e. The molecule has 1 fully saturated rings. The minimum absolute atomic E-state index is 0.108. The first kappa shape index (κ1) is 12.5. The van der Waals surface area contributed by atoms with E-state index < -0.39 is 0 Å². The molecule has 0 bridgehead atoms. The molecule has 0 heterocycles. The van der Waals surface area contributed by atoms with E-state index in [0.717, 1.165) is 18.9 Å². The second-order valence-corrected chi connectivity index (χ2v) is 4.44. The van der Waals surface area contributed by atoms with Crippen LogP contribution in [0.3, 0.4) is 0 Å². The molecule has 1 N–H and O–H groups in total. The van der Waals surface area contributed by atoms with Crippen LogP contribution in [0.2, 0.25) is 0 Å². The number of carbonyl (C=O) groups excluding carboxylic acids is 1. The molecule has 0 spiro atoms. The molecule has 3 heteroatoms. The topological polar surface area (TPSA) is 38.3 Å². The highest BCUT2D eigenvalue weighted by atomic mass is 16.5. The maximum absolute atomic E-state index is 11.5. The minimum atomic E-state index is -0.119. The molecule has 0 radical (unpaired) electrons. The SMILES string of the molecule is CCOC(=O)C(CC)NCC(C)C1CC1. The number of hydrogen-bond acceptors (Lipinski definition) is 3. The summed E-state index contributed by atoms with van der Waals surface area (Å²) in [4.78, 5) is 11.5. The lowest BCUT2D eigenvalue weighted by atomic mass is 10.1.